The first-order valence-corrected chi connectivity index (χ1v) is 8.43. The topological polar surface area (TPSA) is 58.2 Å². The molecule has 1 fully saturated rings. The minimum absolute atomic E-state index is 0. The average Bonchev–Trinajstić information content (AvgIpc) is 2.38. The van der Waals surface area contributed by atoms with E-state index in [0.717, 1.165) is 13.0 Å². The van der Waals surface area contributed by atoms with Crippen molar-refractivity contribution in [3.8, 4) is 0 Å². The number of piperidine rings is 1. The lowest BCUT2D eigenvalue weighted by Crippen LogP contribution is -2.50. The SMILES string of the molecule is CC1CCNCC1NS(=O)(=O)c1ccc(Cl)c(F)c1Cl.Cl. The number of hydrogen-bond donors (Lipinski definition) is 2. The Labute approximate surface area is 139 Å². The lowest BCUT2D eigenvalue weighted by Gasteiger charge is -2.30. The first kappa shape index (κ1) is 18.9. The third kappa shape index (κ3) is 4.21. The molecule has 2 unspecified atom stereocenters. The molecule has 21 heavy (non-hydrogen) atoms. The molecule has 120 valence electrons. The smallest absolute Gasteiger partial charge is 0.242 e. The molecule has 1 aromatic carbocycles. The zero-order valence-corrected chi connectivity index (χ0v) is 14.3. The van der Waals surface area contributed by atoms with Crippen LogP contribution >= 0.6 is 35.6 Å². The van der Waals surface area contributed by atoms with Crippen molar-refractivity contribution in [1.29, 1.82) is 0 Å². The van der Waals surface area contributed by atoms with Crippen LogP contribution in [-0.4, -0.2) is 27.5 Å². The summed E-state index contributed by atoms with van der Waals surface area (Å²) in [5.74, 6) is -0.729. The summed E-state index contributed by atoms with van der Waals surface area (Å²) in [5.41, 5.74) is 0. The fraction of sp³-hybridized carbons (Fsp3) is 0.500. The second-order valence-corrected chi connectivity index (χ2v) is 7.34. The van der Waals surface area contributed by atoms with E-state index in [1.54, 1.807) is 0 Å². The highest BCUT2D eigenvalue weighted by Gasteiger charge is 2.29. The van der Waals surface area contributed by atoms with Crippen LogP contribution in [0.4, 0.5) is 4.39 Å². The summed E-state index contributed by atoms with van der Waals surface area (Å²) in [7, 11) is -3.88. The Balaban J connectivity index is 0.00000220. The predicted octanol–water partition coefficient (Wildman–Crippen LogP) is 2.83. The molecule has 1 aliphatic heterocycles. The molecule has 2 atom stereocenters. The van der Waals surface area contributed by atoms with Gasteiger partial charge in [0.1, 0.15) is 4.90 Å². The molecule has 1 heterocycles. The minimum Gasteiger partial charge on any atom is -0.315 e. The molecular formula is C12H16Cl3FN2O2S. The summed E-state index contributed by atoms with van der Waals surface area (Å²) in [6.45, 7) is 3.36. The van der Waals surface area contributed by atoms with Gasteiger partial charge in [0.25, 0.3) is 0 Å². The lowest BCUT2D eigenvalue weighted by atomic mass is 9.96. The molecule has 9 heteroatoms. The lowest BCUT2D eigenvalue weighted by molar-refractivity contribution is 0.327. The summed E-state index contributed by atoms with van der Waals surface area (Å²) in [5, 5.41) is 2.43. The average molecular weight is 378 g/mol. The van der Waals surface area contributed by atoms with Crippen molar-refractivity contribution >= 4 is 45.6 Å². The van der Waals surface area contributed by atoms with Gasteiger partial charge in [-0.1, -0.05) is 30.1 Å². The maximum absolute atomic E-state index is 13.6. The summed E-state index contributed by atoms with van der Waals surface area (Å²) in [6, 6.07) is 2.14. The fourth-order valence-corrected chi connectivity index (χ4v) is 4.22. The molecule has 0 aliphatic carbocycles. The summed E-state index contributed by atoms with van der Waals surface area (Å²) < 4.78 is 40.8. The van der Waals surface area contributed by atoms with Gasteiger partial charge >= 0.3 is 0 Å². The zero-order chi connectivity index (χ0) is 14.9. The molecule has 4 nitrogen and oxygen atoms in total. The van der Waals surface area contributed by atoms with Crippen molar-refractivity contribution in [3.05, 3.63) is 28.0 Å². The Hall–Kier alpha value is -0.110. The summed E-state index contributed by atoms with van der Waals surface area (Å²) in [4.78, 5) is -0.293. The molecular weight excluding hydrogens is 362 g/mol. The molecule has 2 rings (SSSR count). The largest absolute Gasteiger partial charge is 0.315 e. The standard InChI is InChI=1S/C12H15Cl2FN2O2S.ClH/c1-7-4-5-16-6-9(7)17-20(18,19)10-3-2-8(13)12(15)11(10)14;/h2-3,7,9,16-17H,4-6H2,1H3;1H. The highest BCUT2D eigenvalue weighted by atomic mass is 35.5. The van der Waals surface area contributed by atoms with Crippen molar-refractivity contribution in [3.63, 3.8) is 0 Å². The van der Waals surface area contributed by atoms with Gasteiger partial charge in [0.2, 0.25) is 10.0 Å². The zero-order valence-electron chi connectivity index (χ0n) is 11.2. The maximum Gasteiger partial charge on any atom is 0.242 e. The van der Waals surface area contributed by atoms with E-state index in [0.29, 0.717) is 6.54 Å². The number of hydrogen-bond acceptors (Lipinski definition) is 3. The number of sulfonamides is 1. The quantitative estimate of drug-likeness (QED) is 0.796. The maximum atomic E-state index is 13.6. The molecule has 0 amide bonds. The van der Waals surface area contributed by atoms with Gasteiger partial charge in [-0.2, -0.15) is 0 Å². The van der Waals surface area contributed by atoms with Crippen molar-refractivity contribution in [2.75, 3.05) is 13.1 Å². The highest BCUT2D eigenvalue weighted by molar-refractivity contribution is 7.89. The fourth-order valence-electron chi connectivity index (χ4n) is 2.13. The second-order valence-electron chi connectivity index (χ2n) is 4.87. The third-order valence-corrected chi connectivity index (χ3v) is 5.73. The van der Waals surface area contributed by atoms with Gasteiger partial charge < -0.3 is 5.32 Å². The van der Waals surface area contributed by atoms with E-state index in [2.05, 4.69) is 10.0 Å². The predicted molar refractivity (Wildman–Crippen MR) is 84.4 cm³/mol. The van der Waals surface area contributed by atoms with Crippen LogP contribution in [0.2, 0.25) is 10.0 Å². The molecule has 2 N–H and O–H groups in total. The number of halogens is 4. The van der Waals surface area contributed by atoms with Crippen LogP contribution in [0.3, 0.4) is 0 Å². The van der Waals surface area contributed by atoms with E-state index < -0.39 is 20.9 Å². The summed E-state index contributed by atoms with van der Waals surface area (Å²) in [6.07, 6.45) is 0.871. The minimum atomic E-state index is -3.88. The third-order valence-electron chi connectivity index (χ3n) is 3.42. The van der Waals surface area contributed by atoms with Gasteiger partial charge in [-0.15, -0.1) is 12.4 Å². The molecule has 1 aliphatic rings. The van der Waals surface area contributed by atoms with Crippen LogP contribution in [0.1, 0.15) is 13.3 Å². The molecule has 1 saturated heterocycles. The van der Waals surface area contributed by atoms with Crippen LogP contribution in [0.25, 0.3) is 0 Å². The Morgan fingerprint density at radius 1 is 1.38 bits per heavy atom. The number of benzene rings is 1. The molecule has 0 radical (unpaired) electrons. The normalized spacial score (nSPS) is 22.7. The first-order chi connectivity index (χ1) is 9.33. The van der Waals surface area contributed by atoms with Crippen LogP contribution < -0.4 is 10.0 Å². The van der Waals surface area contributed by atoms with E-state index in [9.17, 15) is 12.8 Å². The van der Waals surface area contributed by atoms with Gasteiger partial charge in [-0.05, 0) is 31.0 Å². The number of rotatable bonds is 3. The molecule has 0 spiro atoms. The van der Waals surface area contributed by atoms with Crippen molar-refractivity contribution in [2.45, 2.75) is 24.3 Å². The monoisotopic (exact) mass is 376 g/mol. The highest BCUT2D eigenvalue weighted by Crippen LogP contribution is 2.29. The Morgan fingerprint density at radius 2 is 2.05 bits per heavy atom. The van der Waals surface area contributed by atoms with E-state index in [1.807, 2.05) is 6.92 Å². The van der Waals surface area contributed by atoms with E-state index in [1.165, 1.54) is 12.1 Å². The molecule has 0 aromatic heterocycles. The van der Waals surface area contributed by atoms with Gasteiger partial charge in [0.15, 0.2) is 5.82 Å². The van der Waals surface area contributed by atoms with E-state index >= 15 is 0 Å². The number of nitrogens with one attached hydrogen (secondary N) is 2. The van der Waals surface area contributed by atoms with Crippen LogP contribution in [0, 0.1) is 11.7 Å². The Bertz CT molecular complexity index is 613. The molecule has 0 saturated carbocycles. The second kappa shape index (κ2) is 7.44. The van der Waals surface area contributed by atoms with Gasteiger partial charge in [0, 0.05) is 12.6 Å². The molecule has 1 aromatic rings. The van der Waals surface area contributed by atoms with Gasteiger partial charge in [0.05, 0.1) is 10.0 Å². The van der Waals surface area contributed by atoms with Crippen molar-refractivity contribution in [1.82, 2.24) is 10.0 Å². The van der Waals surface area contributed by atoms with E-state index in [-0.39, 0.29) is 34.3 Å². The van der Waals surface area contributed by atoms with Crippen LogP contribution in [0.5, 0.6) is 0 Å². The Kier molecular flexibility index (Phi) is 6.71. The van der Waals surface area contributed by atoms with Crippen LogP contribution in [0.15, 0.2) is 17.0 Å². The first-order valence-electron chi connectivity index (χ1n) is 6.19. The van der Waals surface area contributed by atoms with Crippen molar-refractivity contribution < 1.29 is 12.8 Å². The van der Waals surface area contributed by atoms with E-state index in [4.69, 9.17) is 23.2 Å². The molecule has 0 bridgehead atoms. The Morgan fingerprint density at radius 3 is 2.67 bits per heavy atom. The van der Waals surface area contributed by atoms with Gasteiger partial charge in [-0.25, -0.2) is 17.5 Å². The van der Waals surface area contributed by atoms with Gasteiger partial charge in [-0.3, -0.25) is 0 Å². The van der Waals surface area contributed by atoms with Crippen LogP contribution in [-0.2, 0) is 10.0 Å². The summed E-state index contributed by atoms with van der Waals surface area (Å²) >= 11 is 11.3. The van der Waals surface area contributed by atoms with Crippen molar-refractivity contribution in [2.24, 2.45) is 5.92 Å².